The molecule has 0 heterocycles. The van der Waals surface area contributed by atoms with Crippen molar-refractivity contribution >= 4 is 33.2 Å². The van der Waals surface area contributed by atoms with Gasteiger partial charge in [-0.05, 0) is 72.6 Å². The van der Waals surface area contributed by atoms with Crippen molar-refractivity contribution in [3.05, 3.63) is 89.2 Å². The minimum Gasteiger partial charge on any atom is -0.355 e. The molecule has 0 aliphatic carbocycles. The van der Waals surface area contributed by atoms with Crippen LogP contribution in [0.5, 0.6) is 0 Å². The van der Waals surface area contributed by atoms with Gasteiger partial charge in [0.25, 0.3) is 15.9 Å². The van der Waals surface area contributed by atoms with Crippen molar-refractivity contribution in [2.24, 2.45) is 0 Å². The third-order valence-electron chi connectivity index (χ3n) is 4.68. The fraction of sp³-hybridized carbons (Fsp3) is 0.130. The third kappa shape index (κ3) is 5.70. The monoisotopic (exact) mass is 455 g/mol. The molecule has 0 unspecified atom stereocenters. The Bertz CT molecular complexity index is 1240. The number of nitrogens with one attached hydrogen (secondary N) is 3. The predicted molar refractivity (Wildman–Crippen MR) is 121 cm³/mol. The Kier molecular flexibility index (Phi) is 6.89. The summed E-state index contributed by atoms with van der Waals surface area (Å²) in [6.07, 6.45) is 0.0850. The molecule has 3 aromatic rings. The van der Waals surface area contributed by atoms with Gasteiger partial charge in [-0.2, -0.15) is 0 Å². The predicted octanol–water partition coefficient (Wildman–Crippen LogP) is 3.48. The number of hydrogen-bond donors (Lipinski definition) is 3. The molecule has 3 N–H and O–H groups in total. The number of sulfonamides is 1. The van der Waals surface area contributed by atoms with Crippen molar-refractivity contribution < 1.29 is 22.4 Å². The van der Waals surface area contributed by atoms with Gasteiger partial charge in [0.1, 0.15) is 5.82 Å². The van der Waals surface area contributed by atoms with Gasteiger partial charge in [0, 0.05) is 24.0 Å². The van der Waals surface area contributed by atoms with Crippen LogP contribution in [0.1, 0.15) is 21.5 Å². The van der Waals surface area contributed by atoms with Gasteiger partial charge >= 0.3 is 0 Å². The number of hydrogen-bond acceptors (Lipinski definition) is 4. The van der Waals surface area contributed by atoms with Gasteiger partial charge in [-0.3, -0.25) is 14.3 Å². The Balaban J connectivity index is 1.62. The largest absolute Gasteiger partial charge is 0.355 e. The van der Waals surface area contributed by atoms with Gasteiger partial charge in [0.15, 0.2) is 0 Å². The summed E-state index contributed by atoms with van der Waals surface area (Å²) in [7, 11) is -2.30. The van der Waals surface area contributed by atoms with E-state index in [0.717, 1.165) is 17.7 Å². The highest BCUT2D eigenvalue weighted by atomic mass is 32.2. The van der Waals surface area contributed by atoms with E-state index in [-0.39, 0.29) is 23.1 Å². The highest BCUT2D eigenvalue weighted by Gasteiger charge is 2.14. The molecular weight excluding hydrogens is 433 g/mol. The molecule has 0 atom stereocenters. The van der Waals surface area contributed by atoms with Gasteiger partial charge in [-0.1, -0.05) is 12.1 Å². The van der Waals surface area contributed by atoms with Crippen LogP contribution in [0.25, 0.3) is 0 Å². The van der Waals surface area contributed by atoms with Crippen LogP contribution in [0.3, 0.4) is 0 Å². The molecule has 0 fully saturated rings. The molecule has 0 bridgehead atoms. The zero-order chi connectivity index (χ0) is 23.3. The molecule has 0 saturated carbocycles. The first-order valence-electron chi connectivity index (χ1n) is 9.68. The normalized spacial score (nSPS) is 11.0. The van der Waals surface area contributed by atoms with E-state index in [9.17, 15) is 22.4 Å². The number of rotatable bonds is 7. The summed E-state index contributed by atoms with van der Waals surface area (Å²) >= 11 is 0. The number of carbonyl (C=O) groups is 2. The number of amides is 2. The van der Waals surface area contributed by atoms with Crippen LogP contribution in [-0.4, -0.2) is 27.3 Å². The summed E-state index contributed by atoms with van der Waals surface area (Å²) in [5.41, 5.74) is 2.86. The van der Waals surface area contributed by atoms with Gasteiger partial charge < -0.3 is 10.6 Å². The van der Waals surface area contributed by atoms with Crippen LogP contribution in [0.4, 0.5) is 15.8 Å². The average Bonchev–Trinajstić information content (AvgIpc) is 2.76. The SMILES string of the molecule is CNC(=O)c1ccc(NC(=O)Cc2ccc(NS(=O)(=O)c3ccc(F)cc3)cc2)c(C)c1. The zero-order valence-electron chi connectivity index (χ0n) is 17.5. The number of aryl methyl sites for hydroxylation is 1. The van der Waals surface area contributed by atoms with E-state index in [1.165, 1.54) is 12.1 Å². The van der Waals surface area contributed by atoms with Crippen molar-refractivity contribution in [1.29, 1.82) is 0 Å². The summed E-state index contributed by atoms with van der Waals surface area (Å²) in [6.45, 7) is 1.80. The summed E-state index contributed by atoms with van der Waals surface area (Å²) in [5.74, 6) is -0.981. The van der Waals surface area contributed by atoms with E-state index in [0.29, 0.717) is 22.5 Å². The second kappa shape index (κ2) is 9.61. The summed E-state index contributed by atoms with van der Waals surface area (Å²) < 4.78 is 40.2. The van der Waals surface area contributed by atoms with E-state index < -0.39 is 15.8 Å². The van der Waals surface area contributed by atoms with Crippen molar-refractivity contribution in [2.45, 2.75) is 18.2 Å². The molecule has 2 amide bonds. The second-order valence-electron chi connectivity index (χ2n) is 7.09. The summed E-state index contributed by atoms with van der Waals surface area (Å²) in [5, 5.41) is 5.36. The first kappa shape index (κ1) is 23.0. The third-order valence-corrected chi connectivity index (χ3v) is 6.08. The second-order valence-corrected chi connectivity index (χ2v) is 8.77. The summed E-state index contributed by atoms with van der Waals surface area (Å²) in [6, 6.07) is 15.9. The Morgan fingerprint density at radius 3 is 2.19 bits per heavy atom. The molecule has 3 aromatic carbocycles. The van der Waals surface area contributed by atoms with E-state index in [4.69, 9.17) is 0 Å². The van der Waals surface area contributed by atoms with Crippen LogP contribution < -0.4 is 15.4 Å². The molecule has 0 saturated heterocycles. The van der Waals surface area contributed by atoms with E-state index in [1.54, 1.807) is 56.4 Å². The highest BCUT2D eigenvalue weighted by Crippen LogP contribution is 2.19. The standard InChI is InChI=1S/C23H22FN3O4S/c1-15-13-17(23(29)25-2)5-12-21(15)26-22(28)14-16-3-8-19(9-4-16)27-32(30,31)20-10-6-18(24)7-11-20/h3-13,27H,14H2,1-2H3,(H,25,29)(H,26,28). The molecular formula is C23H22FN3O4S. The number of anilines is 2. The Labute approximate surface area is 185 Å². The molecule has 7 nitrogen and oxygen atoms in total. The van der Waals surface area contributed by atoms with Crippen LogP contribution in [-0.2, 0) is 21.2 Å². The number of benzene rings is 3. The highest BCUT2D eigenvalue weighted by molar-refractivity contribution is 7.92. The van der Waals surface area contributed by atoms with Gasteiger partial charge in [0.05, 0.1) is 11.3 Å². The van der Waals surface area contributed by atoms with Crippen LogP contribution in [0.2, 0.25) is 0 Å². The van der Waals surface area contributed by atoms with Crippen molar-refractivity contribution in [3.63, 3.8) is 0 Å². The maximum Gasteiger partial charge on any atom is 0.261 e. The van der Waals surface area contributed by atoms with Crippen LogP contribution >= 0.6 is 0 Å². The molecule has 0 aliphatic heterocycles. The first-order chi connectivity index (χ1) is 15.2. The Morgan fingerprint density at radius 2 is 1.59 bits per heavy atom. The zero-order valence-corrected chi connectivity index (χ0v) is 18.3. The molecule has 3 rings (SSSR count). The minimum absolute atomic E-state index is 0.0554. The topological polar surface area (TPSA) is 104 Å². The molecule has 166 valence electrons. The number of halogens is 1. The summed E-state index contributed by atoms with van der Waals surface area (Å²) in [4.78, 5) is 24.0. The molecule has 0 spiro atoms. The quantitative estimate of drug-likeness (QED) is 0.507. The Morgan fingerprint density at radius 1 is 0.938 bits per heavy atom. The first-order valence-corrected chi connectivity index (χ1v) is 11.2. The van der Waals surface area contributed by atoms with Crippen molar-refractivity contribution in [1.82, 2.24) is 5.32 Å². The maximum atomic E-state index is 13.0. The Hall–Kier alpha value is -3.72. The van der Waals surface area contributed by atoms with E-state index in [1.807, 2.05) is 0 Å². The lowest BCUT2D eigenvalue weighted by Crippen LogP contribution is -2.19. The minimum atomic E-state index is -3.85. The van der Waals surface area contributed by atoms with Crippen molar-refractivity contribution in [3.8, 4) is 0 Å². The fourth-order valence-corrected chi connectivity index (χ4v) is 4.05. The lowest BCUT2D eigenvalue weighted by Gasteiger charge is -2.11. The average molecular weight is 456 g/mol. The maximum absolute atomic E-state index is 13.0. The lowest BCUT2D eigenvalue weighted by molar-refractivity contribution is -0.115. The van der Waals surface area contributed by atoms with Gasteiger partial charge in [-0.15, -0.1) is 0 Å². The van der Waals surface area contributed by atoms with Crippen LogP contribution in [0.15, 0.2) is 71.6 Å². The van der Waals surface area contributed by atoms with Gasteiger partial charge in [0.2, 0.25) is 5.91 Å². The van der Waals surface area contributed by atoms with Gasteiger partial charge in [-0.25, -0.2) is 12.8 Å². The molecule has 9 heteroatoms. The lowest BCUT2D eigenvalue weighted by atomic mass is 10.1. The molecule has 0 aliphatic rings. The number of carbonyl (C=O) groups excluding carboxylic acids is 2. The van der Waals surface area contributed by atoms with E-state index >= 15 is 0 Å². The molecule has 0 radical (unpaired) electrons. The molecule has 0 aromatic heterocycles. The fourth-order valence-electron chi connectivity index (χ4n) is 2.99. The smallest absolute Gasteiger partial charge is 0.261 e. The van der Waals surface area contributed by atoms with Crippen LogP contribution in [0, 0.1) is 12.7 Å². The van der Waals surface area contributed by atoms with E-state index in [2.05, 4.69) is 15.4 Å². The van der Waals surface area contributed by atoms with Crippen molar-refractivity contribution in [2.75, 3.05) is 17.1 Å². The molecule has 32 heavy (non-hydrogen) atoms.